The van der Waals surface area contributed by atoms with Crippen LogP contribution in [0.3, 0.4) is 0 Å². The molecule has 6 N–H and O–H groups in total. The molecule has 4 aromatic rings. The Hall–Kier alpha value is -4.65. The lowest BCUT2D eigenvalue weighted by Crippen LogP contribution is -2.21. The van der Waals surface area contributed by atoms with Gasteiger partial charge in [-0.25, -0.2) is 14.0 Å². The molecule has 2 aromatic heterocycles. The van der Waals surface area contributed by atoms with Crippen LogP contribution in [0.1, 0.15) is 10.5 Å². The fourth-order valence-corrected chi connectivity index (χ4v) is 3.30. The third-order valence-electron chi connectivity index (χ3n) is 4.70. The van der Waals surface area contributed by atoms with Crippen molar-refractivity contribution in [3.63, 3.8) is 0 Å². The number of carboxylic acids is 1. The first-order valence-electron chi connectivity index (χ1n) is 10.1. The number of carboxylic acid groups (broad SMARTS) is 1. The number of benzene rings is 2. The number of amides is 3. The van der Waals surface area contributed by atoms with Crippen molar-refractivity contribution in [2.24, 2.45) is 5.73 Å². The Balaban J connectivity index is 0.000000479. The normalized spacial score (nSPS) is 10.8. The van der Waals surface area contributed by atoms with Crippen molar-refractivity contribution in [1.29, 1.82) is 0 Å². The molecule has 0 aliphatic heterocycles. The second kappa shape index (κ2) is 11.0. The monoisotopic (exact) mass is 537 g/mol. The molecule has 2 heterocycles. The number of nitrogens with two attached hydrogens (primary N) is 1. The van der Waals surface area contributed by atoms with Gasteiger partial charge in [0.2, 0.25) is 0 Å². The van der Waals surface area contributed by atoms with Crippen molar-refractivity contribution in [3.8, 4) is 11.1 Å². The summed E-state index contributed by atoms with van der Waals surface area (Å²) in [5.41, 5.74) is 8.78. The Morgan fingerprint density at radius 1 is 1.00 bits per heavy atom. The number of halogens is 5. The molecule has 3 amide bonds. The molecule has 0 bridgehead atoms. The topological polar surface area (TPSA) is 150 Å². The molecule has 0 unspecified atom stereocenters. The van der Waals surface area contributed by atoms with Crippen molar-refractivity contribution < 1.29 is 37.1 Å². The zero-order chi connectivity index (χ0) is 27.3. The van der Waals surface area contributed by atoms with Crippen LogP contribution in [0.15, 0.2) is 60.9 Å². The average molecular weight is 538 g/mol. The van der Waals surface area contributed by atoms with Crippen LogP contribution in [0.4, 0.5) is 33.7 Å². The van der Waals surface area contributed by atoms with Crippen molar-refractivity contribution in [1.82, 2.24) is 9.97 Å². The van der Waals surface area contributed by atoms with E-state index in [0.717, 1.165) is 10.9 Å². The maximum Gasteiger partial charge on any atom is 0.490 e. The van der Waals surface area contributed by atoms with Crippen LogP contribution in [0.2, 0.25) is 5.02 Å². The molecule has 0 spiro atoms. The summed E-state index contributed by atoms with van der Waals surface area (Å²) in [5, 5.41) is 13.1. The Bertz CT molecular complexity index is 1470. The van der Waals surface area contributed by atoms with Crippen molar-refractivity contribution in [3.05, 3.63) is 77.5 Å². The molecule has 2 aromatic carbocycles. The van der Waals surface area contributed by atoms with E-state index in [4.69, 9.17) is 27.2 Å². The summed E-state index contributed by atoms with van der Waals surface area (Å²) >= 11 is 5.71. The Morgan fingerprint density at radius 2 is 1.59 bits per heavy atom. The smallest absolute Gasteiger partial charge is 0.475 e. The van der Waals surface area contributed by atoms with E-state index >= 15 is 0 Å². The van der Waals surface area contributed by atoms with Gasteiger partial charge in [0.1, 0.15) is 11.5 Å². The first-order chi connectivity index (χ1) is 17.4. The molecule has 4 rings (SSSR count). The Labute approximate surface area is 210 Å². The number of aliphatic carboxylic acids is 1. The molecule has 14 heteroatoms. The standard InChI is InChI=1S/C21H15ClFN5O2.C2HF3O2/c22-15-9-13(5-6-16(15)23)27-21(30)26-12-3-1-11(2-4-12)18-14-7-8-25-10-17(14)28-19(18)20(24)29;3-2(4,5)1(6)7/h1-10,28H,(H2,24,29)(H2,26,27,30);(H,6,7). The predicted molar refractivity (Wildman–Crippen MR) is 128 cm³/mol. The number of urea groups is 1. The molecule has 0 atom stereocenters. The van der Waals surface area contributed by atoms with Gasteiger partial charge < -0.3 is 26.5 Å². The van der Waals surface area contributed by atoms with Crippen LogP contribution in [0.5, 0.6) is 0 Å². The van der Waals surface area contributed by atoms with E-state index in [2.05, 4.69) is 20.6 Å². The van der Waals surface area contributed by atoms with Gasteiger partial charge in [0.05, 0.1) is 16.7 Å². The molecular formula is C23H16ClF4N5O4. The highest BCUT2D eigenvalue weighted by atomic mass is 35.5. The second-order valence-corrected chi connectivity index (χ2v) is 7.66. The number of nitrogens with one attached hydrogen (secondary N) is 3. The number of alkyl halides is 3. The fraction of sp³-hybridized carbons (Fsp3) is 0.0435. The van der Waals surface area contributed by atoms with E-state index in [0.29, 0.717) is 22.5 Å². The summed E-state index contributed by atoms with van der Waals surface area (Å²) < 4.78 is 45.0. The van der Waals surface area contributed by atoms with Crippen molar-refractivity contribution in [2.45, 2.75) is 6.18 Å². The van der Waals surface area contributed by atoms with Gasteiger partial charge in [-0.15, -0.1) is 0 Å². The van der Waals surface area contributed by atoms with Gasteiger partial charge in [0, 0.05) is 28.5 Å². The molecule has 37 heavy (non-hydrogen) atoms. The number of fused-ring (bicyclic) bond motifs is 1. The quantitative estimate of drug-likeness (QED) is 0.221. The van der Waals surface area contributed by atoms with E-state index in [-0.39, 0.29) is 10.7 Å². The number of hydrogen-bond acceptors (Lipinski definition) is 4. The number of hydrogen-bond donors (Lipinski definition) is 5. The van der Waals surface area contributed by atoms with Crippen molar-refractivity contribution >= 4 is 51.8 Å². The van der Waals surface area contributed by atoms with E-state index < -0.39 is 29.9 Å². The Morgan fingerprint density at radius 3 is 2.16 bits per heavy atom. The van der Waals surface area contributed by atoms with Crippen molar-refractivity contribution in [2.75, 3.05) is 10.6 Å². The number of anilines is 2. The van der Waals surface area contributed by atoms with Gasteiger partial charge >= 0.3 is 18.2 Å². The van der Waals surface area contributed by atoms with Crippen LogP contribution in [-0.4, -0.2) is 39.2 Å². The number of nitrogens with zero attached hydrogens (tertiary/aromatic N) is 1. The summed E-state index contributed by atoms with van der Waals surface area (Å²) in [6.45, 7) is 0. The SMILES string of the molecule is NC(=O)c1[nH]c2cnccc2c1-c1ccc(NC(=O)Nc2ccc(F)c(Cl)c2)cc1.O=C(O)C(F)(F)F. The lowest BCUT2D eigenvalue weighted by Gasteiger charge is -2.09. The summed E-state index contributed by atoms with van der Waals surface area (Å²) in [4.78, 5) is 40.0. The minimum atomic E-state index is -5.08. The second-order valence-electron chi connectivity index (χ2n) is 7.25. The molecule has 192 valence electrons. The minimum Gasteiger partial charge on any atom is -0.475 e. The van der Waals surface area contributed by atoms with Gasteiger partial charge in [-0.1, -0.05) is 23.7 Å². The first-order valence-corrected chi connectivity index (χ1v) is 10.4. The zero-order valence-electron chi connectivity index (χ0n) is 18.4. The predicted octanol–water partition coefficient (Wildman–Crippen LogP) is 5.40. The molecule has 0 saturated carbocycles. The van der Waals surface area contributed by atoms with Gasteiger partial charge in [-0.3, -0.25) is 9.78 Å². The Kier molecular flexibility index (Phi) is 7.98. The van der Waals surface area contributed by atoms with Crippen LogP contribution < -0.4 is 16.4 Å². The maximum atomic E-state index is 13.2. The number of carbonyl (C=O) groups excluding carboxylic acids is 2. The summed E-state index contributed by atoms with van der Waals surface area (Å²) in [6.07, 6.45) is -1.83. The lowest BCUT2D eigenvalue weighted by atomic mass is 10.0. The van der Waals surface area contributed by atoms with Crippen LogP contribution in [-0.2, 0) is 4.79 Å². The molecule has 9 nitrogen and oxygen atoms in total. The molecule has 0 saturated heterocycles. The summed E-state index contributed by atoms with van der Waals surface area (Å²) in [6, 6.07) is 12.1. The molecular weight excluding hydrogens is 522 g/mol. The third kappa shape index (κ3) is 6.73. The molecule has 0 radical (unpaired) electrons. The highest BCUT2D eigenvalue weighted by Gasteiger charge is 2.38. The van der Waals surface area contributed by atoms with Crippen LogP contribution in [0, 0.1) is 5.82 Å². The highest BCUT2D eigenvalue weighted by molar-refractivity contribution is 6.31. The number of H-pyrrole nitrogens is 1. The first kappa shape index (κ1) is 26.9. The van der Waals surface area contributed by atoms with Crippen LogP contribution >= 0.6 is 11.6 Å². The van der Waals surface area contributed by atoms with Gasteiger partial charge in [0.15, 0.2) is 0 Å². The highest BCUT2D eigenvalue weighted by Crippen LogP contribution is 2.32. The minimum absolute atomic E-state index is 0.0867. The number of primary amides is 1. The van der Waals surface area contributed by atoms with E-state index in [9.17, 15) is 27.2 Å². The largest absolute Gasteiger partial charge is 0.490 e. The number of aromatic amines is 1. The number of rotatable bonds is 4. The van der Waals surface area contributed by atoms with Crippen LogP contribution in [0.25, 0.3) is 22.0 Å². The third-order valence-corrected chi connectivity index (χ3v) is 4.99. The summed E-state index contributed by atoms with van der Waals surface area (Å²) in [7, 11) is 0. The maximum absolute atomic E-state index is 13.2. The average Bonchev–Trinajstić information content (AvgIpc) is 3.22. The van der Waals surface area contributed by atoms with E-state index in [1.807, 2.05) is 0 Å². The molecule has 0 aliphatic rings. The number of aromatic nitrogens is 2. The lowest BCUT2D eigenvalue weighted by molar-refractivity contribution is -0.192. The van der Waals surface area contributed by atoms with Gasteiger partial charge in [-0.05, 0) is 42.0 Å². The molecule has 0 fully saturated rings. The van der Waals surface area contributed by atoms with E-state index in [1.165, 1.54) is 18.2 Å². The van der Waals surface area contributed by atoms with Gasteiger partial charge in [-0.2, -0.15) is 13.2 Å². The zero-order valence-corrected chi connectivity index (χ0v) is 19.1. The van der Waals surface area contributed by atoms with Gasteiger partial charge in [0.25, 0.3) is 5.91 Å². The van der Waals surface area contributed by atoms with E-state index in [1.54, 1.807) is 42.7 Å². The number of pyridine rings is 1. The fourth-order valence-electron chi connectivity index (χ4n) is 3.12. The summed E-state index contributed by atoms with van der Waals surface area (Å²) in [5.74, 6) is -3.91. The number of carbonyl (C=O) groups is 3. The molecule has 0 aliphatic carbocycles.